The van der Waals surface area contributed by atoms with Crippen LogP contribution in [-0.2, 0) is 11.3 Å². The fourth-order valence-electron chi connectivity index (χ4n) is 2.62. The van der Waals surface area contributed by atoms with Crippen LogP contribution in [0.4, 0.5) is 0 Å². The number of rotatable bonds is 3. The first-order valence-electron chi connectivity index (χ1n) is 6.83. The molecule has 2 N–H and O–H groups in total. The Kier molecular flexibility index (Phi) is 3.67. The van der Waals surface area contributed by atoms with Gasteiger partial charge in [0.2, 0.25) is 0 Å². The summed E-state index contributed by atoms with van der Waals surface area (Å²) in [5.41, 5.74) is 7.00. The Morgan fingerprint density at radius 2 is 2.11 bits per heavy atom. The van der Waals surface area contributed by atoms with Crippen LogP contribution in [0.5, 0.6) is 5.75 Å². The summed E-state index contributed by atoms with van der Waals surface area (Å²) in [4.78, 5) is 0. The number of ether oxygens (including phenoxy) is 2. The number of hydrogen-bond donors (Lipinski definition) is 1. The van der Waals surface area contributed by atoms with Crippen LogP contribution in [0.1, 0.15) is 18.4 Å². The fourth-order valence-corrected chi connectivity index (χ4v) is 2.62. The van der Waals surface area contributed by atoms with Gasteiger partial charge in [0.25, 0.3) is 0 Å². The zero-order valence-corrected chi connectivity index (χ0v) is 11.0. The molecule has 2 aromatic carbocycles. The molecular formula is C16H19NO2. The van der Waals surface area contributed by atoms with E-state index in [2.05, 4.69) is 18.2 Å². The zero-order chi connectivity index (χ0) is 13.1. The summed E-state index contributed by atoms with van der Waals surface area (Å²) < 4.78 is 11.5. The third kappa shape index (κ3) is 2.57. The van der Waals surface area contributed by atoms with E-state index < -0.39 is 0 Å². The van der Waals surface area contributed by atoms with Gasteiger partial charge in [-0.1, -0.05) is 30.3 Å². The Labute approximate surface area is 113 Å². The summed E-state index contributed by atoms with van der Waals surface area (Å²) in [7, 11) is 0. The lowest BCUT2D eigenvalue weighted by molar-refractivity contribution is 0.00712. The highest BCUT2D eigenvalue weighted by Gasteiger charge is 2.17. The van der Waals surface area contributed by atoms with E-state index in [1.54, 1.807) is 0 Å². The third-order valence-electron chi connectivity index (χ3n) is 3.61. The van der Waals surface area contributed by atoms with Crippen molar-refractivity contribution >= 4 is 10.8 Å². The summed E-state index contributed by atoms with van der Waals surface area (Å²) >= 11 is 0. The van der Waals surface area contributed by atoms with Gasteiger partial charge in [0.15, 0.2) is 0 Å². The van der Waals surface area contributed by atoms with Gasteiger partial charge in [0.1, 0.15) is 11.9 Å². The van der Waals surface area contributed by atoms with Crippen molar-refractivity contribution in [2.75, 3.05) is 13.2 Å². The number of nitrogens with two attached hydrogens (primary N) is 1. The minimum atomic E-state index is 0.153. The normalized spacial score (nSPS) is 19.5. The molecule has 1 unspecified atom stereocenters. The third-order valence-corrected chi connectivity index (χ3v) is 3.61. The van der Waals surface area contributed by atoms with Crippen LogP contribution < -0.4 is 10.5 Å². The Morgan fingerprint density at radius 1 is 1.21 bits per heavy atom. The van der Waals surface area contributed by atoms with Crippen molar-refractivity contribution in [3.63, 3.8) is 0 Å². The van der Waals surface area contributed by atoms with Gasteiger partial charge in [-0.15, -0.1) is 0 Å². The highest BCUT2D eigenvalue weighted by molar-refractivity contribution is 5.87. The van der Waals surface area contributed by atoms with Crippen molar-refractivity contribution in [1.29, 1.82) is 0 Å². The highest BCUT2D eigenvalue weighted by Crippen LogP contribution is 2.29. The maximum atomic E-state index is 6.08. The van der Waals surface area contributed by atoms with E-state index in [-0.39, 0.29) is 6.10 Å². The minimum Gasteiger partial charge on any atom is -0.488 e. The van der Waals surface area contributed by atoms with Crippen molar-refractivity contribution in [2.45, 2.75) is 25.5 Å². The standard InChI is InChI=1S/C16H19NO2/c17-10-15-14-6-2-1-4-12(14)7-8-16(15)19-13-5-3-9-18-11-13/h1-2,4,6-8,13H,3,5,9-11,17H2. The van der Waals surface area contributed by atoms with Crippen LogP contribution in [-0.4, -0.2) is 19.3 Å². The van der Waals surface area contributed by atoms with Gasteiger partial charge in [-0.05, 0) is 29.7 Å². The second-order valence-corrected chi connectivity index (χ2v) is 4.92. The van der Waals surface area contributed by atoms with Crippen LogP contribution >= 0.6 is 0 Å². The van der Waals surface area contributed by atoms with Crippen molar-refractivity contribution in [3.05, 3.63) is 42.0 Å². The number of hydrogen-bond acceptors (Lipinski definition) is 3. The number of benzene rings is 2. The largest absolute Gasteiger partial charge is 0.488 e. The van der Waals surface area contributed by atoms with Crippen molar-refractivity contribution < 1.29 is 9.47 Å². The van der Waals surface area contributed by atoms with Gasteiger partial charge in [-0.25, -0.2) is 0 Å². The van der Waals surface area contributed by atoms with Crippen molar-refractivity contribution in [3.8, 4) is 5.75 Å². The molecular weight excluding hydrogens is 238 g/mol. The Hall–Kier alpha value is -1.58. The topological polar surface area (TPSA) is 44.5 Å². The van der Waals surface area contributed by atoms with E-state index in [1.807, 2.05) is 18.2 Å². The van der Waals surface area contributed by atoms with Crippen LogP contribution in [0.25, 0.3) is 10.8 Å². The van der Waals surface area contributed by atoms with Crippen LogP contribution in [0, 0.1) is 0 Å². The maximum absolute atomic E-state index is 6.08. The molecule has 3 heteroatoms. The molecule has 0 saturated carbocycles. The molecule has 1 saturated heterocycles. The predicted octanol–water partition coefficient (Wildman–Crippen LogP) is 2.86. The van der Waals surface area contributed by atoms with E-state index in [9.17, 15) is 0 Å². The summed E-state index contributed by atoms with van der Waals surface area (Å²) in [5.74, 6) is 0.900. The highest BCUT2D eigenvalue weighted by atomic mass is 16.5. The molecule has 19 heavy (non-hydrogen) atoms. The van der Waals surface area contributed by atoms with Crippen LogP contribution in [0.15, 0.2) is 36.4 Å². The molecule has 1 heterocycles. The molecule has 2 aromatic rings. The SMILES string of the molecule is NCc1c(OC2CCCOC2)ccc2ccccc12. The van der Waals surface area contributed by atoms with E-state index in [0.717, 1.165) is 30.8 Å². The Balaban J connectivity index is 1.93. The minimum absolute atomic E-state index is 0.153. The van der Waals surface area contributed by atoms with Gasteiger partial charge >= 0.3 is 0 Å². The van der Waals surface area contributed by atoms with E-state index >= 15 is 0 Å². The van der Waals surface area contributed by atoms with E-state index in [4.69, 9.17) is 15.2 Å². The summed E-state index contributed by atoms with van der Waals surface area (Å²) in [6.45, 7) is 2.02. The first-order valence-corrected chi connectivity index (χ1v) is 6.83. The monoisotopic (exact) mass is 257 g/mol. The smallest absolute Gasteiger partial charge is 0.124 e. The first-order chi connectivity index (χ1) is 9.38. The average Bonchev–Trinajstić information content (AvgIpc) is 2.48. The molecule has 3 rings (SSSR count). The Bertz CT molecular complexity index is 562. The lowest BCUT2D eigenvalue weighted by Crippen LogP contribution is -2.28. The maximum Gasteiger partial charge on any atom is 0.124 e. The van der Waals surface area contributed by atoms with Gasteiger partial charge in [0, 0.05) is 18.7 Å². The molecule has 1 aliphatic heterocycles. The predicted molar refractivity (Wildman–Crippen MR) is 76.3 cm³/mol. The molecule has 1 aliphatic rings. The molecule has 0 aliphatic carbocycles. The second kappa shape index (κ2) is 5.59. The van der Waals surface area contributed by atoms with E-state index in [1.165, 1.54) is 10.8 Å². The van der Waals surface area contributed by atoms with Crippen molar-refractivity contribution in [1.82, 2.24) is 0 Å². The van der Waals surface area contributed by atoms with Gasteiger partial charge in [0.05, 0.1) is 6.61 Å². The van der Waals surface area contributed by atoms with Crippen LogP contribution in [0.3, 0.4) is 0 Å². The molecule has 0 spiro atoms. The molecule has 1 fully saturated rings. The fraction of sp³-hybridized carbons (Fsp3) is 0.375. The van der Waals surface area contributed by atoms with Gasteiger partial charge in [-0.2, -0.15) is 0 Å². The molecule has 0 amide bonds. The molecule has 3 nitrogen and oxygen atoms in total. The van der Waals surface area contributed by atoms with Crippen LogP contribution in [0.2, 0.25) is 0 Å². The first kappa shape index (κ1) is 12.5. The zero-order valence-electron chi connectivity index (χ0n) is 11.0. The van der Waals surface area contributed by atoms with Gasteiger partial charge in [-0.3, -0.25) is 0 Å². The molecule has 0 bridgehead atoms. The summed E-state index contributed by atoms with van der Waals surface area (Å²) in [5, 5.41) is 2.38. The summed E-state index contributed by atoms with van der Waals surface area (Å²) in [6, 6.07) is 12.4. The molecule has 0 radical (unpaired) electrons. The second-order valence-electron chi connectivity index (χ2n) is 4.92. The average molecular weight is 257 g/mol. The summed E-state index contributed by atoms with van der Waals surface area (Å²) in [6.07, 6.45) is 2.27. The molecule has 100 valence electrons. The lowest BCUT2D eigenvalue weighted by atomic mass is 10.0. The van der Waals surface area contributed by atoms with Crippen molar-refractivity contribution in [2.24, 2.45) is 5.73 Å². The molecule has 0 aromatic heterocycles. The molecule has 1 atom stereocenters. The van der Waals surface area contributed by atoms with E-state index in [0.29, 0.717) is 13.2 Å². The quantitative estimate of drug-likeness (QED) is 0.919. The number of fused-ring (bicyclic) bond motifs is 1. The lowest BCUT2D eigenvalue weighted by Gasteiger charge is -2.24. The Morgan fingerprint density at radius 3 is 2.89 bits per heavy atom. The van der Waals surface area contributed by atoms with Gasteiger partial charge < -0.3 is 15.2 Å².